The Kier molecular flexibility index (Phi) is 7.63. The molecule has 0 aliphatic heterocycles. The molecule has 1 amide bonds. The second kappa shape index (κ2) is 10.8. The van der Waals surface area contributed by atoms with Gasteiger partial charge in [0.25, 0.3) is 5.91 Å². The second-order valence-corrected chi connectivity index (χ2v) is 7.21. The van der Waals surface area contributed by atoms with Crippen LogP contribution in [0.25, 0.3) is 0 Å². The van der Waals surface area contributed by atoms with Crippen LogP contribution in [0, 0.1) is 0 Å². The maximum atomic E-state index is 12.2. The van der Waals surface area contributed by atoms with Crippen LogP contribution in [0.15, 0.2) is 88.7 Å². The molecule has 0 saturated heterocycles. The fourth-order valence-corrected chi connectivity index (χ4v) is 3.36. The van der Waals surface area contributed by atoms with Crippen LogP contribution in [0.4, 0.5) is 5.69 Å². The standard InChI is InChI=1S/C23H19NO5S/c25-14-17-10-12-18(13-11-17)28-16-23(27)29-15-22(26)24-20-8-4-5-9-21(20)30-19-6-2-1-3-7-19/h1-14H,15-16H2,(H,24,26). The number of rotatable bonds is 9. The van der Waals surface area contributed by atoms with E-state index in [1.807, 2.05) is 48.5 Å². The predicted octanol–water partition coefficient (Wildman–Crippen LogP) is 4.21. The fraction of sp³-hybridized carbons (Fsp3) is 0.0870. The fourth-order valence-electron chi connectivity index (χ4n) is 2.43. The minimum atomic E-state index is -0.670. The lowest BCUT2D eigenvalue weighted by Crippen LogP contribution is -2.23. The maximum absolute atomic E-state index is 12.2. The van der Waals surface area contributed by atoms with Gasteiger partial charge < -0.3 is 14.8 Å². The lowest BCUT2D eigenvalue weighted by Gasteiger charge is -2.11. The average molecular weight is 421 g/mol. The lowest BCUT2D eigenvalue weighted by molar-refractivity contribution is -0.149. The van der Waals surface area contributed by atoms with Crippen molar-refractivity contribution >= 4 is 35.6 Å². The Morgan fingerprint density at radius 2 is 1.57 bits per heavy atom. The van der Waals surface area contributed by atoms with Crippen LogP contribution < -0.4 is 10.1 Å². The third-order valence-corrected chi connectivity index (χ3v) is 4.95. The number of hydrogen-bond acceptors (Lipinski definition) is 6. The van der Waals surface area contributed by atoms with Crippen molar-refractivity contribution in [2.75, 3.05) is 18.5 Å². The smallest absolute Gasteiger partial charge is 0.344 e. The molecule has 0 aliphatic rings. The van der Waals surface area contributed by atoms with Crippen molar-refractivity contribution < 1.29 is 23.9 Å². The van der Waals surface area contributed by atoms with Crippen molar-refractivity contribution in [1.82, 2.24) is 0 Å². The van der Waals surface area contributed by atoms with Gasteiger partial charge in [-0.2, -0.15) is 0 Å². The first-order valence-electron chi connectivity index (χ1n) is 9.09. The van der Waals surface area contributed by atoms with Crippen LogP contribution in [0.2, 0.25) is 0 Å². The Balaban J connectivity index is 1.47. The first-order valence-corrected chi connectivity index (χ1v) is 9.91. The van der Waals surface area contributed by atoms with Gasteiger partial charge in [-0.1, -0.05) is 42.1 Å². The number of para-hydroxylation sites is 1. The van der Waals surface area contributed by atoms with Crippen molar-refractivity contribution in [2.45, 2.75) is 9.79 Å². The van der Waals surface area contributed by atoms with Gasteiger partial charge in [0.1, 0.15) is 12.0 Å². The number of ether oxygens (including phenoxy) is 2. The molecule has 0 spiro atoms. The van der Waals surface area contributed by atoms with Gasteiger partial charge in [-0.3, -0.25) is 9.59 Å². The van der Waals surface area contributed by atoms with Crippen molar-refractivity contribution in [3.05, 3.63) is 84.4 Å². The number of amides is 1. The Morgan fingerprint density at radius 1 is 0.867 bits per heavy atom. The summed E-state index contributed by atoms with van der Waals surface area (Å²) in [5, 5.41) is 2.76. The highest BCUT2D eigenvalue weighted by molar-refractivity contribution is 7.99. The molecular weight excluding hydrogens is 402 g/mol. The number of aldehydes is 1. The van der Waals surface area contributed by atoms with Crippen molar-refractivity contribution in [3.63, 3.8) is 0 Å². The van der Waals surface area contributed by atoms with E-state index in [9.17, 15) is 14.4 Å². The molecule has 0 bridgehead atoms. The topological polar surface area (TPSA) is 81.7 Å². The number of esters is 1. The molecule has 0 unspecified atom stereocenters. The summed E-state index contributed by atoms with van der Waals surface area (Å²) in [5.74, 6) is -0.690. The van der Waals surface area contributed by atoms with Gasteiger partial charge in [0, 0.05) is 15.4 Å². The minimum Gasteiger partial charge on any atom is -0.482 e. The largest absolute Gasteiger partial charge is 0.482 e. The number of carbonyl (C=O) groups is 3. The Bertz CT molecular complexity index is 1010. The zero-order chi connectivity index (χ0) is 21.2. The van der Waals surface area contributed by atoms with Gasteiger partial charge in [-0.05, 0) is 48.5 Å². The van der Waals surface area contributed by atoms with Gasteiger partial charge in [0.05, 0.1) is 5.69 Å². The highest BCUT2D eigenvalue weighted by atomic mass is 32.2. The van der Waals surface area contributed by atoms with Crippen LogP contribution in [0.5, 0.6) is 5.75 Å². The van der Waals surface area contributed by atoms with Crippen LogP contribution in [0.1, 0.15) is 10.4 Å². The molecule has 3 rings (SSSR count). The molecule has 0 heterocycles. The quantitative estimate of drug-likeness (QED) is 0.412. The summed E-state index contributed by atoms with van der Waals surface area (Å²) in [6.07, 6.45) is 0.715. The normalized spacial score (nSPS) is 10.1. The van der Waals surface area contributed by atoms with E-state index < -0.39 is 18.5 Å². The first kappa shape index (κ1) is 21.1. The zero-order valence-electron chi connectivity index (χ0n) is 15.9. The number of hydrogen-bond donors (Lipinski definition) is 1. The van der Waals surface area contributed by atoms with Gasteiger partial charge in [0.2, 0.25) is 0 Å². The van der Waals surface area contributed by atoms with E-state index in [1.54, 1.807) is 30.3 Å². The molecule has 7 heteroatoms. The first-order chi connectivity index (χ1) is 14.6. The van der Waals surface area contributed by atoms with E-state index in [-0.39, 0.29) is 6.61 Å². The molecule has 0 fully saturated rings. The van der Waals surface area contributed by atoms with E-state index in [0.717, 1.165) is 9.79 Å². The van der Waals surface area contributed by atoms with Crippen molar-refractivity contribution in [3.8, 4) is 5.75 Å². The third-order valence-electron chi connectivity index (χ3n) is 3.87. The molecule has 3 aromatic carbocycles. The maximum Gasteiger partial charge on any atom is 0.344 e. The predicted molar refractivity (Wildman–Crippen MR) is 114 cm³/mol. The summed E-state index contributed by atoms with van der Waals surface area (Å²) in [6.45, 7) is -0.759. The zero-order valence-corrected chi connectivity index (χ0v) is 16.8. The molecule has 0 aromatic heterocycles. The monoisotopic (exact) mass is 421 g/mol. The van der Waals surface area contributed by atoms with Crippen molar-refractivity contribution in [1.29, 1.82) is 0 Å². The number of anilines is 1. The highest BCUT2D eigenvalue weighted by Gasteiger charge is 2.11. The second-order valence-electron chi connectivity index (χ2n) is 6.10. The Morgan fingerprint density at radius 3 is 2.30 bits per heavy atom. The molecule has 1 N–H and O–H groups in total. The SMILES string of the molecule is O=Cc1ccc(OCC(=O)OCC(=O)Nc2ccccc2Sc2ccccc2)cc1. The van der Waals surface area contributed by atoms with Gasteiger partial charge in [-0.25, -0.2) is 4.79 Å². The van der Waals surface area contributed by atoms with Gasteiger partial charge in [-0.15, -0.1) is 0 Å². The Hall–Kier alpha value is -3.58. The summed E-state index contributed by atoms with van der Waals surface area (Å²) in [4.78, 5) is 36.6. The van der Waals surface area contributed by atoms with E-state index in [1.165, 1.54) is 11.8 Å². The molecule has 0 atom stereocenters. The molecule has 3 aromatic rings. The van der Waals surface area contributed by atoms with E-state index in [4.69, 9.17) is 9.47 Å². The molecule has 0 saturated carbocycles. The average Bonchev–Trinajstić information content (AvgIpc) is 2.78. The lowest BCUT2D eigenvalue weighted by atomic mass is 10.2. The molecule has 0 aliphatic carbocycles. The minimum absolute atomic E-state index is 0.339. The van der Waals surface area contributed by atoms with Crippen LogP contribution in [-0.4, -0.2) is 31.4 Å². The van der Waals surface area contributed by atoms with E-state index in [0.29, 0.717) is 23.3 Å². The van der Waals surface area contributed by atoms with Gasteiger partial charge >= 0.3 is 5.97 Å². The summed E-state index contributed by atoms with van der Waals surface area (Å²) in [5.41, 5.74) is 1.14. The van der Waals surface area contributed by atoms with Crippen LogP contribution in [-0.2, 0) is 14.3 Å². The van der Waals surface area contributed by atoms with E-state index in [2.05, 4.69) is 5.32 Å². The Labute approximate surface area is 178 Å². The summed E-state index contributed by atoms with van der Waals surface area (Å²) < 4.78 is 10.2. The summed E-state index contributed by atoms with van der Waals surface area (Å²) in [6, 6.07) is 23.5. The summed E-state index contributed by atoms with van der Waals surface area (Å²) in [7, 11) is 0. The number of carbonyl (C=O) groups excluding carboxylic acids is 3. The number of benzene rings is 3. The van der Waals surface area contributed by atoms with Crippen molar-refractivity contribution in [2.24, 2.45) is 0 Å². The molecular formula is C23H19NO5S. The molecule has 0 radical (unpaired) electrons. The number of nitrogens with one attached hydrogen (secondary N) is 1. The van der Waals surface area contributed by atoms with E-state index >= 15 is 0 Å². The molecule has 6 nitrogen and oxygen atoms in total. The van der Waals surface area contributed by atoms with Crippen LogP contribution in [0.3, 0.4) is 0 Å². The summed E-state index contributed by atoms with van der Waals surface area (Å²) >= 11 is 1.52. The van der Waals surface area contributed by atoms with Gasteiger partial charge in [0.15, 0.2) is 13.2 Å². The highest BCUT2D eigenvalue weighted by Crippen LogP contribution is 2.33. The molecule has 152 valence electrons. The van der Waals surface area contributed by atoms with Crippen LogP contribution >= 0.6 is 11.8 Å². The third kappa shape index (κ3) is 6.49. The molecule has 30 heavy (non-hydrogen) atoms.